The molecule has 0 radical (unpaired) electrons. The number of aryl methyl sites for hydroxylation is 1. The van der Waals surface area contributed by atoms with Gasteiger partial charge in [0.1, 0.15) is 11.5 Å². The van der Waals surface area contributed by atoms with E-state index in [1.807, 2.05) is 81.4 Å². The van der Waals surface area contributed by atoms with Crippen LogP contribution in [0.15, 0.2) is 87.4 Å². The van der Waals surface area contributed by atoms with Gasteiger partial charge in [0.05, 0.1) is 29.2 Å². The minimum atomic E-state index is -0.0757. The Bertz CT molecular complexity index is 1540. The predicted octanol–water partition coefficient (Wildman–Crippen LogP) is 5.88. The highest BCUT2D eigenvalue weighted by Crippen LogP contribution is 2.28. The van der Waals surface area contributed by atoms with Crippen molar-refractivity contribution in [3.8, 4) is 17.2 Å². The number of para-hydroxylation sites is 1. The number of ether oxygens (including phenoxy) is 1. The molecular formula is C28H26N4O3S. The van der Waals surface area contributed by atoms with E-state index < -0.39 is 0 Å². The molecule has 3 heterocycles. The normalized spacial score (nSPS) is 11.3. The minimum Gasteiger partial charge on any atom is -0.491 e. The molecule has 0 aliphatic rings. The summed E-state index contributed by atoms with van der Waals surface area (Å²) < 4.78 is 13.4. The molecule has 0 aliphatic carbocycles. The molecule has 182 valence electrons. The van der Waals surface area contributed by atoms with Crippen molar-refractivity contribution in [3.05, 3.63) is 100 Å². The maximum atomic E-state index is 13.4. The van der Waals surface area contributed by atoms with Crippen LogP contribution in [0.25, 0.3) is 22.4 Å². The van der Waals surface area contributed by atoms with Crippen LogP contribution in [-0.4, -0.2) is 25.6 Å². The Morgan fingerprint density at radius 1 is 1.03 bits per heavy atom. The third-order valence-corrected chi connectivity index (χ3v) is 6.58. The van der Waals surface area contributed by atoms with E-state index in [9.17, 15) is 4.79 Å². The van der Waals surface area contributed by atoms with E-state index in [-0.39, 0.29) is 11.7 Å². The van der Waals surface area contributed by atoms with Gasteiger partial charge in [-0.25, -0.2) is 9.97 Å². The molecule has 0 unspecified atom stereocenters. The highest BCUT2D eigenvalue weighted by atomic mass is 32.2. The fraction of sp³-hybridized carbons (Fsp3) is 0.214. The van der Waals surface area contributed by atoms with Crippen LogP contribution in [0.1, 0.15) is 30.9 Å². The van der Waals surface area contributed by atoms with Crippen LogP contribution in [0, 0.1) is 6.92 Å². The van der Waals surface area contributed by atoms with Gasteiger partial charge in [-0.15, -0.1) is 0 Å². The van der Waals surface area contributed by atoms with Gasteiger partial charge >= 0.3 is 0 Å². The van der Waals surface area contributed by atoms with Crippen molar-refractivity contribution >= 4 is 22.7 Å². The molecule has 0 atom stereocenters. The van der Waals surface area contributed by atoms with Crippen molar-refractivity contribution in [2.75, 3.05) is 0 Å². The molecule has 0 saturated heterocycles. The Labute approximate surface area is 213 Å². The summed E-state index contributed by atoms with van der Waals surface area (Å²) in [6.45, 7) is 6.28. The highest BCUT2D eigenvalue weighted by molar-refractivity contribution is 7.98. The van der Waals surface area contributed by atoms with Gasteiger partial charge in [0.2, 0.25) is 5.89 Å². The van der Waals surface area contributed by atoms with Crippen molar-refractivity contribution in [2.45, 2.75) is 44.3 Å². The number of rotatable bonds is 8. The third kappa shape index (κ3) is 5.18. The summed E-state index contributed by atoms with van der Waals surface area (Å²) in [5.41, 5.74) is 3.22. The van der Waals surface area contributed by atoms with Gasteiger partial charge in [0.25, 0.3) is 5.56 Å². The van der Waals surface area contributed by atoms with Gasteiger partial charge in [-0.2, -0.15) is 0 Å². The summed E-state index contributed by atoms with van der Waals surface area (Å²) in [7, 11) is 0. The highest BCUT2D eigenvalue weighted by Gasteiger charge is 2.16. The fourth-order valence-corrected chi connectivity index (χ4v) is 4.84. The average Bonchev–Trinajstić information content (AvgIpc) is 3.26. The average molecular weight is 499 g/mol. The van der Waals surface area contributed by atoms with E-state index in [0.29, 0.717) is 34.2 Å². The summed E-state index contributed by atoms with van der Waals surface area (Å²) in [5, 5.41) is 1.22. The Morgan fingerprint density at radius 2 is 1.83 bits per heavy atom. The summed E-state index contributed by atoms with van der Waals surface area (Å²) in [6.07, 6.45) is 3.60. The minimum absolute atomic E-state index is 0.0757. The van der Waals surface area contributed by atoms with Gasteiger partial charge in [0, 0.05) is 23.7 Å². The zero-order valence-corrected chi connectivity index (χ0v) is 21.2. The molecule has 0 saturated carbocycles. The van der Waals surface area contributed by atoms with Gasteiger partial charge in [-0.3, -0.25) is 14.3 Å². The second-order valence-corrected chi connectivity index (χ2v) is 9.61. The molecule has 0 aliphatic heterocycles. The van der Waals surface area contributed by atoms with Crippen molar-refractivity contribution in [2.24, 2.45) is 0 Å². The number of nitrogens with zero attached hydrogens (tertiary/aromatic N) is 4. The standard InChI is InChI=1S/C28H26N4O3S/c1-18(2)34-22-12-10-21(11-13-22)26-30-25(19(3)35-26)17-36-28-31-24-9-5-4-8-23(24)27(33)32(28)16-20-7-6-14-29-15-20/h4-15,18H,16-17H2,1-3H3. The first kappa shape index (κ1) is 23.8. The number of thioether (sulfide) groups is 1. The molecule has 3 aromatic heterocycles. The summed E-state index contributed by atoms with van der Waals surface area (Å²) in [6, 6.07) is 18.9. The summed E-state index contributed by atoms with van der Waals surface area (Å²) in [5.74, 6) is 2.61. The molecule has 5 aromatic rings. The lowest BCUT2D eigenvalue weighted by Crippen LogP contribution is -2.24. The Balaban J connectivity index is 1.42. The number of hydrogen-bond acceptors (Lipinski definition) is 7. The van der Waals surface area contributed by atoms with E-state index in [0.717, 1.165) is 28.3 Å². The van der Waals surface area contributed by atoms with E-state index in [4.69, 9.17) is 19.1 Å². The molecule has 0 N–H and O–H groups in total. The van der Waals surface area contributed by atoms with Crippen molar-refractivity contribution in [1.82, 2.24) is 19.5 Å². The van der Waals surface area contributed by atoms with Crippen LogP contribution in [0.2, 0.25) is 0 Å². The van der Waals surface area contributed by atoms with Crippen LogP contribution in [0.3, 0.4) is 0 Å². The second kappa shape index (κ2) is 10.4. The van der Waals surface area contributed by atoms with E-state index >= 15 is 0 Å². The number of benzene rings is 2. The fourth-order valence-electron chi connectivity index (χ4n) is 3.84. The quantitative estimate of drug-likeness (QED) is 0.195. The third-order valence-electron chi connectivity index (χ3n) is 5.59. The van der Waals surface area contributed by atoms with E-state index in [1.54, 1.807) is 17.0 Å². The summed E-state index contributed by atoms with van der Waals surface area (Å²) >= 11 is 1.47. The second-order valence-electron chi connectivity index (χ2n) is 8.67. The van der Waals surface area contributed by atoms with Crippen molar-refractivity contribution in [1.29, 1.82) is 0 Å². The van der Waals surface area contributed by atoms with Crippen LogP contribution in [-0.2, 0) is 12.3 Å². The van der Waals surface area contributed by atoms with Crippen molar-refractivity contribution in [3.63, 3.8) is 0 Å². The molecule has 0 amide bonds. The monoisotopic (exact) mass is 498 g/mol. The Hall–Kier alpha value is -3.91. The Morgan fingerprint density at radius 3 is 2.58 bits per heavy atom. The van der Waals surface area contributed by atoms with Crippen molar-refractivity contribution < 1.29 is 9.15 Å². The van der Waals surface area contributed by atoms with Gasteiger partial charge in [-0.1, -0.05) is 30.0 Å². The SMILES string of the molecule is Cc1oc(-c2ccc(OC(C)C)cc2)nc1CSc1nc2ccccc2c(=O)n1Cc1cccnc1. The first-order valence-corrected chi connectivity index (χ1v) is 12.7. The summed E-state index contributed by atoms with van der Waals surface area (Å²) in [4.78, 5) is 27.1. The molecular weight excluding hydrogens is 472 g/mol. The molecule has 0 fully saturated rings. The predicted molar refractivity (Wildman–Crippen MR) is 141 cm³/mol. The molecule has 7 nitrogen and oxygen atoms in total. The van der Waals surface area contributed by atoms with Crippen LogP contribution < -0.4 is 10.3 Å². The zero-order valence-electron chi connectivity index (χ0n) is 20.3. The lowest BCUT2D eigenvalue weighted by atomic mass is 10.2. The topological polar surface area (TPSA) is 83.0 Å². The molecule has 2 aromatic carbocycles. The molecule has 36 heavy (non-hydrogen) atoms. The Kier molecular flexibility index (Phi) is 6.86. The number of aromatic nitrogens is 4. The van der Waals surface area contributed by atoms with Crippen LogP contribution in [0.4, 0.5) is 0 Å². The zero-order chi connectivity index (χ0) is 25.1. The van der Waals surface area contributed by atoms with Crippen LogP contribution >= 0.6 is 11.8 Å². The lowest BCUT2D eigenvalue weighted by Gasteiger charge is -2.13. The molecule has 5 rings (SSSR count). The number of fused-ring (bicyclic) bond motifs is 1. The number of pyridine rings is 1. The van der Waals surface area contributed by atoms with E-state index in [1.165, 1.54) is 11.8 Å². The number of hydrogen-bond donors (Lipinski definition) is 0. The van der Waals surface area contributed by atoms with Gasteiger partial charge < -0.3 is 9.15 Å². The van der Waals surface area contributed by atoms with E-state index in [2.05, 4.69) is 4.98 Å². The van der Waals surface area contributed by atoms with Gasteiger partial charge in [-0.05, 0) is 68.8 Å². The molecule has 0 spiro atoms. The maximum absolute atomic E-state index is 13.4. The first-order valence-electron chi connectivity index (χ1n) is 11.7. The van der Waals surface area contributed by atoms with Gasteiger partial charge in [0.15, 0.2) is 5.16 Å². The first-order chi connectivity index (χ1) is 17.5. The number of oxazole rings is 1. The molecule has 8 heteroatoms. The maximum Gasteiger partial charge on any atom is 0.262 e. The smallest absolute Gasteiger partial charge is 0.262 e. The van der Waals surface area contributed by atoms with Crippen LogP contribution in [0.5, 0.6) is 5.75 Å². The largest absolute Gasteiger partial charge is 0.491 e. The lowest BCUT2D eigenvalue weighted by molar-refractivity contribution is 0.242. The molecule has 0 bridgehead atoms.